The molecule has 4 nitrogen and oxygen atoms in total. The second-order valence-corrected chi connectivity index (χ2v) is 8.03. The zero-order valence-corrected chi connectivity index (χ0v) is 15.2. The van der Waals surface area contributed by atoms with Gasteiger partial charge in [-0.15, -0.1) is 0 Å². The molecule has 0 aromatic rings. The van der Waals surface area contributed by atoms with E-state index in [9.17, 15) is 4.79 Å². The van der Waals surface area contributed by atoms with E-state index in [1.54, 1.807) is 0 Å². The molecule has 0 aromatic carbocycles. The zero-order valence-electron chi connectivity index (χ0n) is 15.2. The topological polar surface area (TPSA) is 26.8 Å². The summed E-state index contributed by atoms with van der Waals surface area (Å²) in [5.41, 5.74) is 0. The van der Waals surface area contributed by atoms with Crippen LogP contribution in [-0.4, -0.2) is 71.5 Å². The van der Waals surface area contributed by atoms with E-state index in [1.807, 2.05) is 0 Å². The van der Waals surface area contributed by atoms with E-state index in [1.165, 1.54) is 64.5 Å². The van der Waals surface area contributed by atoms with Crippen LogP contribution in [0.3, 0.4) is 0 Å². The highest BCUT2D eigenvalue weighted by molar-refractivity contribution is 5.79. The molecule has 0 aromatic heterocycles. The van der Waals surface area contributed by atoms with Crippen molar-refractivity contribution >= 4 is 5.91 Å². The molecule has 3 heterocycles. The normalized spacial score (nSPS) is 32.2. The van der Waals surface area contributed by atoms with Crippen LogP contribution < -0.4 is 0 Å². The second-order valence-electron chi connectivity index (χ2n) is 8.03. The van der Waals surface area contributed by atoms with Crippen LogP contribution in [-0.2, 0) is 4.79 Å². The smallest absolute Gasteiger partial charge is 0.237 e. The van der Waals surface area contributed by atoms with E-state index in [0.29, 0.717) is 24.5 Å². The largest absolute Gasteiger partial charge is 0.336 e. The van der Waals surface area contributed by atoms with Gasteiger partial charge in [-0.05, 0) is 71.9 Å². The zero-order chi connectivity index (χ0) is 16.2. The maximum absolute atomic E-state index is 12.7. The third-order valence-corrected chi connectivity index (χ3v) is 6.30. The van der Waals surface area contributed by atoms with Crippen molar-refractivity contribution in [3.8, 4) is 0 Å². The summed E-state index contributed by atoms with van der Waals surface area (Å²) in [5.74, 6) is 0.362. The van der Waals surface area contributed by atoms with E-state index >= 15 is 0 Å². The maximum Gasteiger partial charge on any atom is 0.237 e. The Hall–Kier alpha value is -0.610. The summed E-state index contributed by atoms with van der Waals surface area (Å²) in [4.78, 5) is 20.0. The van der Waals surface area contributed by atoms with Gasteiger partial charge in [0.15, 0.2) is 0 Å². The Balaban J connectivity index is 1.45. The van der Waals surface area contributed by atoms with Gasteiger partial charge in [0.1, 0.15) is 0 Å². The van der Waals surface area contributed by atoms with Crippen LogP contribution in [0.4, 0.5) is 0 Å². The van der Waals surface area contributed by atoms with Gasteiger partial charge in [0.25, 0.3) is 0 Å². The number of likely N-dealkylation sites (tertiary alicyclic amines) is 3. The lowest BCUT2D eigenvalue weighted by atomic mass is 9.97. The van der Waals surface area contributed by atoms with Crippen LogP contribution in [0.25, 0.3) is 0 Å². The number of hydrogen-bond donors (Lipinski definition) is 0. The molecule has 0 unspecified atom stereocenters. The van der Waals surface area contributed by atoms with Crippen LogP contribution in [0.1, 0.15) is 65.2 Å². The molecule has 0 bridgehead atoms. The van der Waals surface area contributed by atoms with Gasteiger partial charge in [-0.3, -0.25) is 9.69 Å². The number of piperidine rings is 3. The molecule has 3 saturated heterocycles. The molecule has 1 amide bonds. The molecule has 0 N–H and O–H groups in total. The predicted molar refractivity (Wildman–Crippen MR) is 94.5 cm³/mol. The Morgan fingerprint density at radius 3 is 2.04 bits per heavy atom. The minimum atomic E-state index is 0.362. The Morgan fingerprint density at radius 2 is 1.43 bits per heavy atom. The molecular formula is C19H35N3O. The number of rotatable bonds is 3. The summed E-state index contributed by atoms with van der Waals surface area (Å²) in [5, 5.41) is 0. The van der Waals surface area contributed by atoms with Crippen molar-refractivity contribution in [1.29, 1.82) is 0 Å². The highest BCUT2D eigenvalue weighted by Gasteiger charge is 2.31. The number of carbonyl (C=O) groups excluding carboxylic acids is 1. The van der Waals surface area contributed by atoms with Gasteiger partial charge >= 0.3 is 0 Å². The predicted octanol–water partition coefficient (Wildman–Crippen LogP) is 2.73. The van der Waals surface area contributed by atoms with Crippen molar-refractivity contribution in [2.24, 2.45) is 0 Å². The fourth-order valence-electron chi connectivity index (χ4n) is 4.91. The first-order chi connectivity index (χ1) is 11.1. The van der Waals surface area contributed by atoms with Gasteiger partial charge in [-0.25, -0.2) is 0 Å². The van der Waals surface area contributed by atoms with Crippen molar-refractivity contribution in [2.45, 2.75) is 83.3 Å². The van der Waals surface area contributed by atoms with Gasteiger partial charge in [-0.1, -0.05) is 6.42 Å². The first-order valence-corrected chi connectivity index (χ1v) is 9.92. The summed E-state index contributed by atoms with van der Waals surface area (Å²) in [6.45, 7) is 9.87. The Morgan fingerprint density at radius 1 is 0.826 bits per heavy atom. The highest BCUT2D eigenvalue weighted by atomic mass is 16.2. The summed E-state index contributed by atoms with van der Waals surface area (Å²) in [6.07, 6.45) is 10.3. The maximum atomic E-state index is 12.7. The van der Waals surface area contributed by atoms with E-state index < -0.39 is 0 Å². The van der Waals surface area contributed by atoms with Crippen molar-refractivity contribution in [1.82, 2.24) is 14.7 Å². The van der Waals surface area contributed by atoms with E-state index in [0.717, 1.165) is 19.1 Å². The van der Waals surface area contributed by atoms with E-state index in [4.69, 9.17) is 0 Å². The van der Waals surface area contributed by atoms with E-state index in [2.05, 4.69) is 28.5 Å². The molecule has 23 heavy (non-hydrogen) atoms. The average molecular weight is 322 g/mol. The minimum Gasteiger partial charge on any atom is -0.336 e. The lowest BCUT2D eigenvalue weighted by Crippen LogP contribution is -2.53. The third kappa shape index (κ3) is 4.27. The first-order valence-electron chi connectivity index (χ1n) is 9.92. The summed E-state index contributed by atoms with van der Waals surface area (Å²) >= 11 is 0. The van der Waals surface area contributed by atoms with Crippen LogP contribution in [0.15, 0.2) is 0 Å². The molecule has 3 rings (SSSR count). The van der Waals surface area contributed by atoms with Crippen molar-refractivity contribution in [2.75, 3.05) is 32.7 Å². The number of hydrogen-bond acceptors (Lipinski definition) is 3. The van der Waals surface area contributed by atoms with Crippen molar-refractivity contribution < 1.29 is 4.79 Å². The molecule has 3 aliphatic rings. The van der Waals surface area contributed by atoms with Crippen LogP contribution >= 0.6 is 0 Å². The van der Waals surface area contributed by atoms with Crippen LogP contribution in [0.2, 0.25) is 0 Å². The summed E-state index contributed by atoms with van der Waals surface area (Å²) < 4.78 is 0. The lowest BCUT2D eigenvalue weighted by Gasteiger charge is -2.42. The number of carbonyl (C=O) groups is 1. The third-order valence-electron chi connectivity index (χ3n) is 6.30. The molecule has 2 atom stereocenters. The quantitative estimate of drug-likeness (QED) is 0.800. The van der Waals surface area contributed by atoms with E-state index in [-0.39, 0.29) is 0 Å². The minimum absolute atomic E-state index is 0.362. The van der Waals surface area contributed by atoms with Crippen molar-refractivity contribution in [3.05, 3.63) is 0 Å². The van der Waals surface area contributed by atoms with Gasteiger partial charge in [0.05, 0.1) is 6.54 Å². The average Bonchev–Trinajstić information content (AvgIpc) is 2.56. The summed E-state index contributed by atoms with van der Waals surface area (Å²) in [6, 6.07) is 1.63. The fraction of sp³-hybridized carbons (Fsp3) is 0.947. The molecule has 0 saturated carbocycles. The highest BCUT2D eigenvalue weighted by Crippen LogP contribution is 2.24. The summed E-state index contributed by atoms with van der Waals surface area (Å²) in [7, 11) is 0. The Bertz CT molecular complexity index is 376. The monoisotopic (exact) mass is 321 g/mol. The molecule has 0 aliphatic carbocycles. The fourth-order valence-corrected chi connectivity index (χ4v) is 4.91. The van der Waals surface area contributed by atoms with Gasteiger partial charge in [-0.2, -0.15) is 0 Å². The van der Waals surface area contributed by atoms with Crippen molar-refractivity contribution in [3.63, 3.8) is 0 Å². The van der Waals surface area contributed by atoms with Crippen LogP contribution in [0, 0.1) is 0 Å². The molecule has 0 spiro atoms. The van der Waals surface area contributed by atoms with Crippen LogP contribution in [0.5, 0.6) is 0 Å². The molecule has 132 valence electrons. The molecule has 3 aliphatic heterocycles. The molecule has 0 radical (unpaired) electrons. The van der Waals surface area contributed by atoms with Gasteiger partial charge in [0, 0.05) is 31.2 Å². The Kier molecular flexibility index (Phi) is 5.97. The molecule has 4 heteroatoms. The van der Waals surface area contributed by atoms with Gasteiger partial charge < -0.3 is 9.80 Å². The number of amides is 1. The second kappa shape index (κ2) is 7.98. The standard InChI is InChI=1S/C19H35N3O/c1-16-7-6-8-17(2)22(16)19(23)15-20-13-9-18(10-14-20)21-11-4-3-5-12-21/h16-18H,3-15H2,1-2H3/t16-,17+. The number of nitrogens with zero attached hydrogens (tertiary/aromatic N) is 3. The van der Waals surface area contributed by atoms with Gasteiger partial charge in [0.2, 0.25) is 5.91 Å². The molecular weight excluding hydrogens is 286 g/mol. The molecule has 3 fully saturated rings. The lowest BCUT2D eigenvalue weighted by molar-refractivity contribution is -0.138. The SMILES string of the molecule is C[C@@H]1CCC[C@H](C)N1C(=O)CN1CCC(N2CCCCC2)CC1. The Labute approximate surface area is 142 Å². The first kappa shape index (κ1) is 17.2.